The van der Waals surface area contributed by atoms with Crippen LogP contribution in [0.5, 0.6) is 0 Å². The molecular weight excluding hydrogens is 280 g/mol. The number of benzene rings is 1. The molecule has 1 saturated carbocycles. The molecule has 5 nitrogen and oxygen atoms in total. The third-order valence-corrected chi connectivity index (χ3v) is 5.26. The van der Waals surface area contributed by atoms with Crippen LogP contribution in [0.25, 0.3) is 0 Å². The van der Waals surface area contributed by atoms with E-state index in [0.717, 1.165) is 17.8 Å². The number of carbonyl (C=O) groups is 2. The summed E-state index contributed by atoms with van der Waals surface area (Å²) in [6.07, 6.45) is 3.05. The Morgan fingerprint density at radius 2 is 2.09 bits per heavy atom. The first-order chi connectivity index (χ1) is 10.7. The Labute approximate surface area is 129 Å². The van der Waals surface area contributed by atoms with Gasteiger partial charge in [-0.15, -0.1) is 0 Å². The van der Waals surface area contributed by atoms with E-state index in [-0.39, 0.29) is 11.8 Å². The number of nitrogens with zero attached hydrogens (tertiary/aromatic N) is 2. The minimum absolute atomic E-state index is 0.133. The predicted octanol–water partition coefficient (Wildman–Crippen LogP) is 0.906. The highest BCUT2D eigenvalue weighted by atomic mass is 16.3. The third kappa shape index (κ3) is 1.88. The van der Waals surface area contributed by atoms with Gasteiger partial charge in [-0.25, -0.2) is 0 Å². The number of para-hydroxylation sites is 1. The molecule has 2 amide bonds. The molecule has 116 valence electrons. The Kier molecular flexibility index (Phi) is 3.01. The van der Waals surface area contributed by atoms with Crippen molar-refractivity contribution in [2.75, 3.05) is 31.1 Å². The second-order valence-corrected chi connectivity index (χ2v) is 6.68. The summed E-state index contributed by atoms with van der Waals surface area (Å²) in [5.41, 5.74) is 1.46. The molecule has 0 radical (unpaired) electrons. The van der Waals surface area contributed by atoms with Crippen LogP contribution in [-0.2, 0) is 15.0 Å². The maximum absolute atomic E-state index is 13.1. The Bertz CT molecular complexity index is 641. The molecule has 0 aromatic heterocycles. The summed E-state index contributed by atoms with van der Waals surface area (Å²) >= 11 is 0. The molecule has 0 bridgehead atoms. The van der Waals surface area contributed by atoms with Crippen molar-refractivity contribution in [3.05, 3.63) is 29.8 Å². The molecule has 1 aromatic carbocycles. The molecule has 3 aliphatic rings. The van der Waals surface area contributed by atoms with Crippen LogP contribution in [0, 0.1) is 5.92 Å². The van der Waals surface area contributed by atoms with Crippen molar-refractivity contribution in [2.45, 2.75) is 24.7 Å². The van der Waals surface area contributed by atoms with Crippen LogP contribution in [0.1, 0.15) is 24.8 Å². The Morgan fingerprint density at radius 1 is 1.32 bits per heavy atom. The zero-order chi connectivity index (χ0) is 15.3. The van der Waals surface area contributed by atoms with Crippen LogP contribution in [0.4, 0.5) is 5.69 Å². The van der Waals surface area contributed by atoms with E-state index in [0.29, 0.717) is 25.4 Å². The number of amides is 2. The second-order valence-electron chi connectivity index (χ2n) is 6.68. The number of likely N-dealkylation sites (tertiary alicyclic amines) is 1. The SMILES string of the molecule is O=C(CO)N1CCC2(C1)C(=O)N(CC1CC1)c1ccccc12. The van der Waals surface area contributed by atoms with Gasteiger partial charge in [0.25, 0.3) is 0 Å². The summed E-state index contributed by atoms with van der Waals surface area (Å²) in [7, 11) is 0. The Morgan fingerprint density at radius 3 is 2.82 bits per heavy atom. The summed E-state index contributed by atoms with van der Waals surface area (Å²) in [6, 6.07) is 7.97. The molecule has 5 heteroatoms. The van der Waals surface area contributed by atoms with Crippen molar-refractivity contribution in [3.8, 4) is 0 Å². The van der Waals surface area contributed by atoms with E-state index in [1.807, 2.05) is 29.2 Å². The lowest BCUT2D eigenvalue weighted by Gasteiger charge is -2.24. The van der Waals surface area contributed by atoms with Crippen LogP contribution < -0.4 is 4.90 Å². The minimum atomic E-state index is -0.601. The maximum atomic E-state index is 13.1. The van der Waals surface area contributed by atoms with E-state index in [4.69, 9.17) is 5.11 Å². The van der Waals surface area contributed by atoms with Crippen LogP contribution >= 0.6 is 0 Å². The van der Waals surface area contributed by atoms with E-state index >= 15 is 0 Å². The van der Waals surface area contributed by atoms with Gasteiger partial charge in [-0.3, -0.25) is 9.59 Å². The van der Waals surface area contributed by atoms with Crippen molar-refractivity contribution >= 4 is 17.5 Å². The van der Waals surface area contributed by atoms with E-state index < -0.39 is 12.0 Å². The van der Waals surface area contributed by atoms with E-state index in [2.05, 4.69) is 0 Å². The number of aliphatic hydroxyl groups is 1. The zero-order valence-electron chi connectivity index (χ0n) is 12.5. The second kappa shape index (κ2) is 4.81. The van der Waals surface area contributed by atoms with Gasteiger partial charge in [-0.2, -0.15) is 0 Å². The molecule has 4 rings (SSSR count). The lowest BCUT2D eigenvalue weighted by atomic mass is 9.81. The smallest absolute Gasteiger partial charge is 0.248 e. The fourth-order valence-electron chi connectivity index (χ4n) is 3.85. The van der Waals surface area contributed by atoms with Crippen LogP contribution in [0.3, 0.4) is 0 Å². The first-order valence-corrected chi connectivity index (χ1v) is 7.96. The molecule has 1 N–H and O–H groups in total. The highest BCUT2D eigenvalue weighted by Gasteiger charge is 2.55. The van der Waals surface area contributed by atoms with Gasteiger partial charge in [0.2, 0.25) is 11.8 Å². The maximum Gasteiger partial charge on any atom is 0.248 e. The minimum Gasteiger partial charge on any atom is -0.387 e. The highest BCUT2D eigenvalue weighted by Crippen LogP contribution is 2.48. The number of aliphatic hydroxyl groups excluding tert-OH is 1. The zero-order valence-corrected chi connectivity index (χ0v) is 12.5. The molecule has 2 aliphatic heterocycles. The Balaban J connectivity index is 1.71. The fourth-order valence-corrected chi connectivity index (χ4v) is 3.85. The van der Waals surface area contributed by atoms with Gasteiger partial charge in [0, 0.05) is 25.3 Å². The van der Waals surface area contributed by atoms with Gasteiger partial charge in [0.15, 0.2) is 0 Å². The van der Waals surface area contributed by atoms with Gasteiger partial charge in [0.05, 0.1) is 5.41 Å². The number of anilines is 1. The molecule has 1 atom stereocenters. The first kappa shape index (κ1) is 13.8. The molecule has 22 heavy (non-hydrogen) atoms. The first-order valence-electron chi connectivity index (χ1n) is 7.96. The summed E-state index contributed by atoms with van der Waals surface area (Å²) in [4.78, 5) is 28.5. The molecule has 1 saturated heterocycles. The lowest BCUT2D eigenvalue weighted by molar-refractivity contribution is -0.133. The van der Waals surface area contributed by atoms with Gasteiger partial charge < -0.3 is 14.9 Å². The standard InChI is InChI=1S/C17H20N2O3/c20-10-15(21)18-8-7-17(11-18)13-3-1-2-4-14(13)19(16(17)22)9-12-5-6-12/h1-4,12,20H,5-11H2. The molecule has 2 fully saturated rings. The highest BCUT2D eigenvalue weighted by molar-refractivity contribution is 6.09. The average molecular weight is 300 g/mol. The number of rotatable bonds is 3. The fraction of sp³-hybridized carbons (Fsp3) is 0.529. The normalized spacial score (nSPS) is 26.9. The molecule has 1 aromatic rings. The van der Waals surface area contributed by atoms with Crippen LogP contribution in [-0.4, -0.2) is 48.1 Å². The summed E-state index contributed by atoms with van der Waals surface area (Å²) in [5, 5.41) is 9.08. The predicted molar refractivity (Wildman–Crippen MR) is 81.5 cm³/mol. The third-order valence-electron chi connectivity index (χ3n) is 5.26. The average Bonchev–Trinajstić information content (AvgIpc) is 3.21. The number of carbonyl (C=O) groups excluding carboxylic acids is 2. The molecule has 1 aliphatic carbocycles. The quantitative estimate of drug-likeness (QED) is 0.902. The van der Waals surface area contributed by atoms with Crippen LogP contribution in [0.2, 0.25) is 0 Å². The van der Waals surface area contributed by atoms with Crippen molar-refractivity contribution in [1.29, 1.82) is 0 Å². The summed E-state index contributed by atoms with van der Waals surface area (Å²) in [5.74, 6) is 0.473. The molecule has 1 unspecified atom stereocenters. The van der Waals surface area contributed by atoms with Gasteiger partial charge in [0.1, 0.15) is 6.61 Å². The Hall–Kier alpha value is -1.88. The van der Waals surface area contributed by atoms with E-state index in [1.54, 1.807) is 4.90 Å². The van der Waals surface area contributed by atoms with Crippen molar-refractivity contribution in [1.82, 2.24) is 4.90 Å². The van der Waals surface area contributed by atoms with Crippen molar-refractivity contribution in [2.24, 2.45) is 5.92 Å². The van der Waals surface area contributed by atoms with Crippen molar-refractivity contribution < 1.29 is 14.7 Å². The number of hydrogen-bond donors (Lipinski definition) is 1. The number of hydrogen-bond acceptors (Lipinski definition) is 3. The largest absolute Gasteiger partial charge is 0.387 e. The van der Waals surface area contributed by atoms with E-state index in [1.165, 1.54) is 12.8 Å². The summed E-state index contributed by atoms with van der Waals surface area (Å²) < 4.78 is 0. The molecule has 2 heterocycles. The van der Waals surface area contributed by atoms with Gasteiger partial charge in [-0.1, -0.05) is 18.2 Å². The lowest BCUT2D eigenvalue weighted by Crippen LogP contribution is -2.44. The monoisotopic (exact) mass is 300 g/mol. The number of fused-ring (bicyclic) bond motifs is 2. The summed E-state index contributed by atoms with van der Waals surface area (Å²) in [6.45, 7) is 1.24. The van der Waals surface area contributed by atoms with Crippen molar-refractivity contribution in [3.63, 3.8) is 0 Å². The van der Waals surface area contributed by atoms with Crippen LogP contribution in [0.15, 0.2) is 24.3 Å². The van der Waals surface area contributed by atoms with Gasteiger partial charge in [-0.05, 0) is 36.8 Å². The van der Waals surface area contributed by atoms with E-state index in [9.17, 15) is 9.59 Å². The van der Waals surface area contributed by atoms with Gasteiger partial charge >= 0.3 is 0 Å². The molecular formula is C17H20N2O3. The molecule has 1 spiro atoms. The topological polar surface area (TPSA) is 60.9 Å².